The summed E-state index contributed by atoms with van der Waals surface area (Å²) in [6.45, 7) is 4.20. The summed E-state index contributed by atoms with van der Waals surface area (Å²) >= 11 is 0. The van der Waals surface area contributed by atoms with Gasteiger partial charge in [-0.1, -0.05) is 48.9 Å². The molecule has 6 nitrogen and oxygen atoms in total. The SMILES string of the molecule is CCc1ccc(NC(=O)CC2C(=O)N(c3ccc(C)cc3)C(=O)N2CCc2ccc(F)cc2)cc1. The number of halogens is 1. The average Bonchev–Trinajstić information content (AvgIpc) is 3.08. The molecular weight excluding hydrogens is 445 g/mol. The highest BCUT2D eigenvalue weighted by Gasteiger charge is 2.46. The molecule has 0 radical (unpaired) electrons. The van der Waals surface area contributed by atoms with Gasteiger partial charge in [-0.25, -0.2) is 14.1 Å². The standard InChI is InChI=1S/C28H28FN3O3/c1-3-20-8-12-23(13-9-20)30-26(33)18-25-27(34)32(24-14-4-19(2)5-15-24)28(35)31(25)17-16-21-6-10-22(29)11-7-21/h4-15,25H,3,16-18H2,1-2H3,(H,30,33). The third kappa shape index (κ3) is 5.57. The van der Waals surface area contributed by atoms with E-state index in [4.69, 9.17) is 0 Å². The lowest BCUT2D eigenvalue weighted by Crippen LogP contribution is -2.39. The van der Waals surface area contributed by atoms with Crippen molar-refractivity contribution in [2.75, 3.05) is 16.8 Å². The fourth-order valence-corrected chi connectivity index (χ4v) is 4.13. The van der Waals surface area contributed by atoms with Crippen LogP contribution in [0.5, 0.6) is 0 Å². The van der Waals surface area contributed by atoms with E-state index < -0.39 is 18.0 Å². The Kier molecular flexibility index (Phi) is 7.25. The highest BCUT2D eigenvalue weighted by Crippen LogP contribution is 2.28. The van der Waals surface area contributed by atoms with E-state index in [-0.39, 0.29) is 24.7 Å². The lowest BCUT2D eigenvalue weighted by molar-refractivity contribution is -0.124. The van der Waals surface area contributed by atoms with Crippen LogP contribution in [-0.4, -0.2) is 35.3 Å². The minimum atomic E-state index is -0.931. The zero-order valence-electron chi connectivity index (χ0n) is 19.8. The van der Waals surface area contributed by atoms with Crippen molar-refractivity contribution in [3.05, 3.63) is 95.3 Å². The van der Waals surface area contributed by atoms with E-state index in [0.717, 1.165) is 28.0 Å². The fraction of sp³-hybridized carbons (Fsp3) is 0.250. The Hall–Kier alpha value is -4.00. The quantitative estimate of drug-likeness (QED) is 0.463. The molecule has 1 aliphatic heterocycles. The van der Waals surface area contributed by atoms with Crippen LogP contribution < -0.4 is 10.2 Å². The van der Waals surface area contributed by atoms with Gasteiger partial charge in [0.2, 0.25) is 5.91 Å². The van der Waals surface area contributed by atoms with Gasteiger partial charge in [-0.2, -0.15) is 0 Å². The normalized spacial score (nSPS) is 15.6. The molecule has 1 N–H and O–H groups in total. The Bertz CT molecular complexity index is 1210. The number of amides is 4. The summed E-state index contributed by atoms with van der Waals surface area (Å²) in [5, 5.41) is 2.83. The Morgan fingerprint density at radius 3 is 2.17 bits per heavy atom. The number of urea groups is 1. The summed E-state index contributed by atoms with van der Waals surface area (Å²) < 4.78 is 13.3. The molecule has 1 fully saturated rings. The number of carbonyl (C=O) groups excluding carboxylic acids is 3. The predicted octanol–water partition coefficient (Wildman–Crippen LogP) is 5.11. The molecule has 4 amide bonds. The molecule has 0 aliphatic carbocycles. The summed E-state index contributed by atoms with van der Waals surface area (Å²) in [5.41, 5.74) is 4.10. The highest BCUT2D eigenvalue weighted by molar-refractivity contribution is 6.22. The predicted molar refractivity (Wildman–Crippen MR) is 134 cm³/mol. The molecule has 3 aromatic rings. The van der Waals surface area contributed by atoms with Gasteiger partial charge in [0.25, 0.3) is 5.91 Å². The first-order valence-electron chi connectivity index (χ1n) is 11.7. The minimum absolute atomic E-state index is 0.161. The van der Waals surface area contributed by atoms with Crippen LogP contribution in [0.4, 0.5) is 20.6 Å². The van der Waals surface area contributed by atoms with Crippen LogP contribution in [-0.2, 0) is 22.4 Å². The summed E-state index contributed by atoms with van der Waals surface area (Å²) in [6, 6.07) is 19.3. The molecule has 1 saturated heterocycles. The third-order valence-corrected chi connectivity index (χ3v) is 6.19. The number of hydrogen-bond acceptors (Lipinski definition) is 3. The number of benzene rings is 3. The molecule has 1 aliphatic rings. The molecule has 0 aromatic heterocycles. The van der Waals surface area contributed by atoms with E-state index in [1.807, 2.05) is 43.3 Å². The maximum Gasteiger partial charge on any atom is 0.332 e. The molecule has 4 rings (SSSR count). The maximum atomic E-state index is 13.4. The van der Waals surface area contributed by atoms with Crippen molar-refractivity contribution in [2.45, 2.75) is 39.2 Å². The zero-order valence-corrected chi connectivity index (χ0v) is 19.8. The summed E-state index contributed by atoms with van der Waals surface area (Å²) in [5.74, 6) is -1.12. The second-order valence-corrected chi connectivity index (χ2v) is 8.68. The second-order valence-electron chi connectivity index (χ2n) is 8.68. The Morgan fingerprint density at radius 2 is 1.54 bits per heavy atom. The molecule has 1 heterocycles. The Balaban J connectivity index is 1.54. The van der Waals surface area contributed by atoms with Gasteiger partial charge in [-0.15, -0.1) is 0 Å². The topological polar surface area (TPSA) is 69.7 Å². The lowest BCUT2D eigenvalue weighted by Gasteiger charge is -2.21. The average molecular weight is 474 g/mol. The van der Waals surface area contributed by atoms with E-state index in [9.17, 15) is 18.8 Å². The molecule has 1 atom stereocenters. The fourth-order valence-electron chi connectivity index (χ4n) is 4.13. The number of carbonyl (C=O) groups is 3. The number of imide groups is 1. The first-order chi connectivity index (χ1) is 16.9. The van der Waals surface area contributed by atoms with Gasteiger partial charge >= 0.3 is 6.03 Å². The van der Waals surface area contributed by atoms with Gasteiger partial charge < -0.3 is 10.2 Å². The summed E-state index contributed by atoms with van der Waals surface area (Å²) in [4.78, 5) is 42.1. The molecule has 0 spiro atoms. The van der Waals surface area contributed by atoms with Crippen LogP contribution in [0.1, 0.15) is 30.0 Å². The largest absolute Gasteiger partial charge is 0.332 e. The number of nitrogens with one attached hydrogen (secondary N) is 1. The van der Waals surface area contributed by atoms with Crippen molar-refractivity contribution >= 4 is 29.2 Å². The van der Waals surface area contributed by atoms with Gasteiger partial charge in [-0.3, -0.25) is 9.59 Å². The van der Waals surface area contributed by atoms with Crippen molar-refractivity contribution in [1.82, 2.24) is 4.90 Å². The van der Waals surface area contributed by atoms with Crippen LogP contribution in [0.2, 0.25) is 0 Å². The molecule has 3 aromatic carbocycles. The van der Waals surface area contributed by atoms with Gasteiger partial charge in [0, 0.05) is 12.2 Å². The van der Waals surface area contributed by atoms with E-state index >= 15 is 0 Å². The number of aryl methyl sites for hydroxylation is 2. The molecule has 180 valence electrons. The molecule has 7 heteroatoms. The summed E-state index contributed by atoms with van der Waals surface area (Å²) in [6.07, 6.45) is 1.16. The molecular formula is C28H28FN3O3. The smallest absolute Gasteiger partial charge is 0.326 e. The van der Waals surface area contributed by atoms with Crippen molar-refractivity contribution < 1.29 is 18.8 Å². The number of anilines is 2. The number of hydrogen-bond donors (Lipinski definition) is 1. The second kappa shape index (κ2) is 10.5. The van der Waals surface area contributed by atoms with Crippen molar-refractivity contribution in [3.63, 3.8) is 0 Å². The first kappa shape index (κ1) is 24.1. The Labute approximate surface area is 204 Å². The molecule has 0 bridgehead atoms. The third-order valence-electron chi connectivity index (χ3n) is 6.19. The van der Waals surface area contributed by atoms with Gasteiger partial charge in [-0.05, 0) is 67.3 Å². The van der Waals surface area contributed by atoms with E-state index in [1.165, 1.54) is 17.0 Å². The van der Waals surface area contributed by atoms with Crippen LogP contribution in [0.25, 0.3) is 0 Å². The molecule has 35 heavy (non-hydrogen) atoms. The van der Waals surface area contributed by atoms with E-state index in [1.54, 1.807) is 24.3 Å². The lowest BCUT2D eigenvalue weighted by atomic mass is 10.1. The van der Waals surface area contributed by atoms with E-state index in [0.29, 0.717) is 17.8 Å². The van der Waals surface area contributed by atoms with Gasteiger partial charge in [0.15, 0.2) is 0 Å². The molecule has 0 saturated carbocycles. The maximum absolute atomic E-state index is 13.4. The Morgan fingerprint density at radius 1 is 0.914 bits per heavy atom. The number of rotatable bonds is 8. The minimum Gasteiger partial charge on any atom is -0.326 e. The number of nitrogens with zero attached hydrogens (tertiary/aromatic N) is 2. The van der Waals surface area contributed by atoms with E-state index in [2.05, 4.69) is 12.2 Å². The monoisotopic (exact) mass is 473 g/mol. The van der Waals surface area contributed by atoms with Gasteiger partial charge in [0.1, 0.15) is 11.9 Å². The van der Waals surface area contributed by atoms with Crippen molar-refractivity contribution in [3.8, 4) is 0 Å². The van der Waals surface area contributed by atoms with Crippen LogP contribution >= 0.6 is 0 Å². The molecule has 1 unspecified atom stereocenters. The summed E-state index contributed by atoms with van der Waals surface area (Å²) in [7, 11) is 0. The van der Waals surface area contributed by atoms with Crippen LogP contribution in [0, 0.1) is 12.7 Å². The zero-order chi connectivity index (χ0) is 24.9. The van der Waals surface area contributed by atoms with Gasteiger partial charge in [0.05, 0.1) is 12.1 Å². The van der Waals surface area contributed by atoms with Crippen LogP contribution in [0.3, 0.4) is 0 Å². The first-order valence-corrected chi connectivity index (χ1v) is 11.7. The van der Waals surface area contributed by atoms with Crippen LogP contribution in [0.15, 0.2) is 72.8 Å². The van der Waals surface area contributed by atoms with Crippen molar-refractivity contribution in [2.24, 2.45) is 0 Å². The van der Waals surface area contributed by atoms with Crippen molar-refractivity contribution in [1.29, 1.82) is 0 Å². The highest BCUT2D eigenvalue weighted by atomic mass is 19.1.